The molecule has 0 heterocycles. The van der Waals surface area contributed by atoms with Gasteiger partial charge in [0.2, 0.25) is 5.75 Å². The van der Waals surface area contributed by atoms with E-state index < -0.39 is 18.6 Å². The third-order valence-corrected chi connectivity index (χ3v) is 2.85. The zero-order valence-electron chi connectivity index (χ0n) is 11.6. The van der Waals surface area contributed by atoms with E-state index in [1.807, 2.05) is 0 Å². The molecule has 1 unspecified atom stereocenters. The van der Waals surface area contributed by atoms with Gasteiger partial charge in [0.05, 0.1) is 21.3 Å². The number of hydrogen-bond donors (Lipinski definition) is 1. The Morgan fingerprint density at radius 3 is 1.90 bits per heavy atom. The molecule has 1 aromatic rings. The summed E-state index contributed by atoms with van der Waals surface area (Å²) in [5.41, 5.74) is 6.29. The highest BCUT2D eigenvalue weighted by atomic mass is 19.4. The van der Waals surface area contributed by atoms with E-state index in [-0.39, 0.29) is 6.42 Å². The van der Waals surface area contributed by atoms with Crippen LogP contribution in [0.1, 0.15) is 24.4 Å². The quantitative estimate of drug-likeness (QED) is 0.876. The summed E-state index contributed by atoms with van der Waals surface area (Å²) < 4.78 is 52.0. The van der Waals surface area contributed by atoms with Crippen molar-refractivity contribution in [1.82, 2.24) is 0 Å². The second-order valence-corrected chi connectivity index (χ2v) is 4.22. The Hall–Kier alpha value is -1.63. The molecule has 0 bridgehead atoms. The molecule has 0 aromatic heterocycles. The maximum absolute atomic E-state index is 12.2. The molecule has 0 fully saturated rings. The van der Waals surface area contributed by atoms with Crippen molar-refractivity contribution in [3.63, 3.8) is 0 Å². The first-order chi connectivity index (χ1) is 9.32. The van der Waals surface area contributed by atoms with Crippen molar-refractivity contribution in [3.8, 4) is 17.2 Å². The molecule has 0 aliphatic rings. The van der Waals surface area contributed by atoms with Gasteiger partial charge in [-0.05, 0) is 24.1 Å². The molecule has 0 saturated carbocycles. The van der Waals surface area contributed by atoms with E-state index in [0.29, 0.717) is 22.8 Å². The Bertz CT molecular complexity index is 424. The van der Waals surface area contributed by atoms with E-state index >= 15 is 0 Å². The van der Waals surface area contributed by atoms with Crippen LogP contribution in [-0.4, -0.2) is 27.5 Å². The van der Waals surface area contributed by atoms with E-state index in [1.165, 1.54) is 21.3 Å². The van der Waals surface area contributed by atoms with Crippen LogP contribution in [0, 0.1) is 0 Å². The van der Waals surface area contributed by atoms with Crippen LogP contribution >= 0.6 is 0 Å². The predicted molar refractivity (Wildman–Crippen MR) is 68.3 cm³/mol. The minimum Gasteiger partial charge on any atom is -0.493 e. The Morgan fingerprint density at radius 2 is 1.55 bits per heavy atom. The molecule has 0 aliphatic heterocycles. The zero-order valence-corrected chi connectivity index (χ0v) is 11.6. The Labute approximate surface area is 115 Å². The van der Waals surface area contributed by atoms with E-state index in [4.69, 9.17) is 19.9 Å². The van der Waals surface area contributed by atoms with Crippen LogP contribution in [0.15, 0.2) is 12.1 Å². The van der Waals surface area contributed by atoms with Crippen molar-refractivity contribution in [2.45, 2.75) is 25.1 Å². The van der Waals surface area contributed by atoms with Gasteiger partial charge in [0.25, 0.3) is 0 Å². The summed E-state index contributed by atoms with van der Waals surface area (Å²) in [5.74, 6) is 1.11. The lowest BCUT2D eigenvalue weighted by Gasteiger charge is -2.18. The molecule has 7 heteroatoms. The van der Waals surface area contributed by atoms with E-state index in [0.717, 1.165) is 0 Å². The first-order valence-electron chi connectivity index (χ1n) is 5.94. The molecular weight excluding hydrogens is 275 g/mol. The molecule has 4 nitrogen and oxygen atoms in total. The highest BCUT2D eigenvalue weighted by Crippen LogP contribution is 2.40. The van der Waals surface area contributed by atoms with Gasteiger partial charge in [-0.2, -0.15) is 13.2 Å². The van der Waals surface area contributed by atoms with Crippen molar-refractivity contribution < 1.29 is 27.4 Å². The average molecular weight is 293 g/mol. The maximum Gasteiger partial charge on any atom is 0.389 e. The molecule has 1 atom stereocenters. The lowest BCUT2D eigenvalue weighted by Crippen LogP contribution is -2.16. The van der Waals surface area contributed by atoms with Crippen molar-refractivity contribution >= 4 is 0 Å². The summed E-state index contributed by atoms with van der Waals surface area (Å²) in [6.07, 6.45) is -5.37. The van der Waals surface area contributed by atoms with Gasteiger partial charge in [0.15, 0.2) is 11.5 Å². The fraction of sp³-hybridized carbons (Fsp3) is 0.538. The number of methoxy groups -OCH3 is 3. The fourth-order valence-electron chi connectivity index (χ4n) is 1.80. The highest BCUT2D eigenvalue weighted by molar-refractivity contribution is 5.54. The summed E-state index contributed by atoms with van der Waals surface area (Å²) in [6.45, 7) is 0. The molecular formula is C13H18F3NO3. The molecule has 0 saturated heterocycles. The van der Waals surface area contributed by atoms with Gasteiger partial charge < -0.3 is 19.9 Å². The first kappa shape index (κ1) is 16.4. The minimum atomic E-state index is -4.22. The normalized spacial score (nSPS) is 12.9. The number of hydrogen-bond acceptors (Lipinski definition) is 4. The third kappa shape index (κ3) is 4.19. The van der Waals surface area contributed by atoms with Gasteiger partial charge in [-0.15, -0.1) is 0 Å². The standard InChI is InChI=1S/C13H18F3NO3/c1-18-10-6-8(7-11(19-2)12(10)20-3)9(17)4-5-13(14,15)16/h6-7,9H,4-5,17H2,1-3H3. The van der Waals surface area contributed by atoms with E-state index in [2.05, 4.69) is 0 Å². The maximum atomic E-state index is 12.2. The topological polar surface area (TPSA) is 53.7 Å². The number of ether oxygens (including phenoxy) is 3. The fourth-order valence-corrected chi connectivity index (χ4v) is 1.80. The molecule has 0 aliphatic carbocycles. The van der Waals surface area contributed by atoms with E-state index in [1.54, 1.807) is 12.1 Å². The summed E-state index contributed by atoms with van der Waals surface area (Å²) in [5, 5.41) is 0. The van der Waals surface area contributed by atoms with Crippen LogP contribution in [0.25, 0.3) is 0 Å². The monoisotopic (exact) mass is 293 g/mol. The number of rotatable bonds is 6. The molecule has 0 radical (unpaired) electrons. The Balaban J connectivity index is 3.00. The lowest BCUT2D eigenvalue weighted by atomic mass is 10.0. The number of nitrogens with two attached hydrogens (primary N) is 1. The lowest BCUT2D eigenvalue weighted by molar-refractivity contribution is -0.136. The van der Waals surface area contributed by atoms with Crippen LogP contribution in [0.4, 0.5) is 13.2 Å². The molecule has 0 spiro atoms. The predicted octanol–water partition coefficient (Wildman–Crippen LogP) is 3.05. The number of alkyl halides is 3. The van der Waals surface area contributed by atoms with Crippen molar-refractivity contribution in [2.75, 3.05) is 21.3 Å². The highest BCUT2D eigenvalue weighted by Gasteiger charge is 2.28. The molecule has 2 N–H and O–H groups in total. The SMILES string of the molecule is COc1cc(C(N)CCC(F)(F)F)cc(OC)c1OC. The van der Waals surface area contributed by atoms with Crippen LogP contribution in [0.3, 0.4) is 0 Å². The van der Waals surface area contributed by atoms with Gasteiger partial charge >= 0.3 is 6.18 Å². The van der Waals surface area contributed by atoms with Gasteiger partial charge in [-0.25, -0.2) is 0 Å². The summed E-state index contributed by atoms with van der Waals surface area (Å²) >= 11 is 0. The van der Waals surface area contributed by atoms with Gasteiger partial charge in [-0.3, -0.25) is 0 Å². The van der Waals surface area contributed by atoms with Crippen LogP contribution in [-0.2, 0) is 0 Å². The zero-order chi connectivity index (χ0) is 15.3. The molecule has 0 amide bonds. The summed E-state index contributed by atoms with van der Waals surface area (Å²) in [4.78, 5) is 0. The van der Waals surface area contributed by atoms with Gasteiger partial charge in [0.1, 0.15) is 0 Å². The second kappa shape index (κ2) is 6.69. The van der Waals surface area contributed by atoms with Crippen LogP contribution < -0.4 is 19.9 Å². The molecule has 1 aromatic carbocycles. The largest absolute Gasteiger partial charge is 0.493 e. The summed E-state index contributed by atoms with van der Waals surface area (Å²) in [6, 6.07) is 2.36. The van der Waals surface area contributed by atoms with Crippen molar-refractivity contribution in [1.29, 1.82) is 0 Å². The third-order valence-electron chi connectivity index (χ3n) is 2.85. The number of benzene rings is 1. The average Bonchev–Trinajstić information content (AvgIpc) is 2.42. The Kier molecular flexibility index (Phi) is 5.50. The second-order valence-electron chi connectivity index (χ2n) is 4.22. The first-order valence-corrected chi connectivity index (χ1v) is 5.94. The van der Waals surface area contributed by atoms with Crippen LogP contribution in [0.2, 0.25) is 0 Å². The molecule has 20 heavy (non-hydrogen) atoms. The smallest absolute Gasteiger partial charge is 0.389 e. The summed E-state index contributed by atoms with van der Waals surface area (Å²) in [7, 11) is 4.31. The van der Waals surface area contributed by atoms with Crippen molar-refractivity contribution in [2.24, 2.45) is 5.73 Å². The van der Waals surface area contributed by atoms with Gasteiger partial charge in [0, 0.05) is 12.5 Å². The molecule has 1 rings (SSSR count). The minimum absolute atomic E-state index is 0.206. The number of halogens is 3. The van der Waals surface area contributed by atoms with Gasteiger partial charge in [-0.1, -0.05) is 0 Å². The van der Waals surface area contributed by atoms with Crippen molar-refractivity contribution in [3.05, 3.63) is 17.7 Å². The molecule has 114 valence electrons. The van der Waals surface area contributed by atoms with Crippen LogP contribution in [0.5, 0.6) is 17.2 Å². The Morgan fingerprint density at radius 1 is 1.05 bits per heavy atom. The van der Waals surface area contributed by atoms with E-state index in [9.17, 15) is 13.2 Å².